The van der Waals surface area contributed by atoms with Crippen molar-refractivity contribution in [2.24, 2.45) is 0 Å². The Morgan fingerprint density at radius 1 is 1.37 bits per heavy atom. The first-order valence-corrected chi connectivity index (χ1v) is 7.36. The quantitative estimate of drug-likeness (QED) is 0.801. The van der Waals surface area contributed by atoms with Crippen LogP contribution < -0.4 is 5.73 Å². The summed E-state index contributed by atoms with van der Waals surface area (Å²) in [6.45, 7) is 7.44. The molecule has 0 aliphatic carbocycles. The predicted molar refractivity (Wildman–Crippen MR) is 80.0 cm³/mol. The molecule has 1 saturated heterocycles. The highest BCUT2D eigenvalue weighted by Crippen LogP contribution is 2.19. The lowest BCUT2D eigenvalue weighted by atomic mass is 10.1. The molecule has 1 aromatic rings. The normalized spacial score (nSPS) is 19.5. The lowest BCUT2D eigenvalue weighted by Crippen LogP contribution is -2.33. The maximum Gasteiger partial charge on any atom is 0.0588 e. The molecule has 0 bridgehead atoms. The Kier molecular flexibility index (Phi) is 5.23. The van der Waals surface area contributed by atoms with E-state index < -0.39 is 0 Å². The molecule has 0 spiro atoms. The molecule has 3 nitrogen and oxygen atoms in total. The topological polar surface area (TPSA) is 38.5 Å². The number of rotatable bonds is 6. The molecule has 1 atom stereocenters. The van der Waals surface area contributed by atoms with Gasteiger partial charge in [-0.2, -0.15) is 0 Å². The minimum atomic E-state index is 0.467. The number of nitrogen functional groups attached to an aromatic ring is 1. The maximum absolute atomic E-state index is 6.04. The summed E-state index contributed by atoms with van der Waals surface area (Å²) >= 11 is 0. The largest absolute Gasteiger partial charge is 0.398 e. The van der Waals surface area contributed by atoms with E-state index in [1.807, 2.05) is 12.1 Å². The fraction of sp³-hybridized carbons (Fsp3) is 0.625. The van der Waals surface area contributed by atoms with Crippen LogP contribution in [0.1, 0.15) is 38.7 Å². The van der Waals surface area contributed by atoms with Crippen LogP contribution in [-0.2, 0) is 11.3 Å². The highest BCUT2D eigenvalue weighted by molar-refractivity contribution is 5.46. The van der Waals surface area contributed by atoms with Crippen molar-refractivity contribution in [3.63, 3.8) is 0 Å². The number of ether oxygens (including phenoxy) is 1. The van der Waals surface area contributed by atoms with Gasteiger partial charge in [-0.05, 0) is 44.7 Å². The fourth-order valence-corrected chi connectivity index (χ4v) is 2.60. The molecular formula is C16H26N2O. The summed E-state index contributed by atoms with van der Waals surface area (Å²) in [5.41, 5.74) is 8.16. The monoisotopic (exact) mass is 262 g/mol. The molecule has 1 unspecified atom stereocenters. The smallest absolute Gasteiger partial charge is 0.0588 e. The van der Waals surface area contributed by atoms with Crippen LogP contribution in [0.15, 0.2) is 24.3 Å². The van der Waals surface area contributed by atoms with Crippen molar-refractivity contribution >= 4 is 5.69 Å². The predicted octanol–water partition coefficient (Wildman–Crippen LogP) is 3.05. The number of nitrogens with two attached hydrogens (primary N) is 1. The van der Waals surface area contributed by atoms with Crippen LogP contribution in [0.4, 0.5) is 5.69 Å². The van der Waals surface area contributed by atoms with Crippen LogP contribution in [0.3, 0.4) is 0 Å². The van der Waals surface area contributed by atoms with Crippen LogP contribution in [-0.4, -0.2) is 30.2 Å². The number of para-hydroxylation sites is 1. The van der Waals surface area contributed by atoms with Crippen molar-refractivity contribution in [2.45, 2.75) is 51.8 Å². The Morgan fingerprint density at radius 3 is 2.79 bits per heavy atom. The first-order chi connectivity index (χ1) is 9.16. The number of benzene rings is 1. The van der Waals surface area contributed by atoms with E-state index in [4.69, 9.17) is 10.5 Å². The van der Waals surface area contributed by atoms with Crippen molar-refractivity contribution in [1.82, 2.24) is 4.90 Å². The first-order valence-electron chi connectivity index (χ1n) is 7.36. The molecule has 19 heavy (non-hydrogen) atoms. The van der Waals surface area contributed by atoms with E-state index in [-0.39, 0.29) is 0 Å². The molecule has 1 heterocycles. The van der Waals surface area contributed by atoms with Crippen molar-refractivity contribution in [1.29, 1.82) is 0 Å². The molecule has 1 fully saturated rings. The number of nitrogens with zero attached hydrogens (tertiary/aromatic N) is 1. The summed E-state index contributed by atoms with van der Waals surface area (Å²) in [6, 6.07) is 8.68. The third-order valence-electron chi connectivity index (χ3n) is 3.92. The Bertz CT molecular complexity index is 386. The molecule has 0 aromatic heterocycles. The maximum atomic E-state index is 6.04. The zero-order chi connectivity index (χ0) is 13.7. The molecule has 0 amide bonds. The van der Waals surface area contributed by atoms with Gasteiger partial charge in [-0.15, -0.1) is 0 Å². The second kappa shape index (κ2) is 6.92. The van der Waals surface area contributed by atoms with Crippen LogP contribution in [0.2, 0.25) is 0 Å². The van der Waals surface area contributed by atoms with Crippen molar-refractivity contribution in [3.05, 3.63) is 29.8 Å². The summed E-state index contributed by atoms with van der Waals surface area (Å²) in [5, 5.41) is 0. The van der Waals surface area contributed by atoms with Crippen molar-refractivity contribution in [2.75, 3.05) is 18.9 Å². The minimum Gasteiger partial charge on any atom is -0.398 e. The number of hydrogen-bond donors (Lipinski definition) is 1. The van der Waals surface area contributed by atoms with E-state index in [1.54, 1.807) is 0 Å². The highest BCUT2D eigenvalue weighted by Gasteiger charge is 2.18. The van der Waals surface area contributed by atoms with Gasteiger partial charge in [0.05, 0.1) is 6.10 Å². The first kappa shape index (κ1) is 14.4. The summed E-state index contributed by atoms with van der Waals surface area (Å²) in [5.74, 6) is 0. The Hall–Kier alpha value is -1.06. The van der Waals surface area contributed by atoms with Gasteiger partial charge in [-0.25, -0.2) is 0 Å². The number of anilines is 1. The summed E-state index contributed by atoms with van der Waals surface area (Å²) < 4.78 is 5.71. The van der Waals surface area contributed by atoms with Gasteiger partial charge in [0.25, 0.3) is 0 Å². The van der Waals surface area contributed by atoms with E-state index >= 15 is 0 Å². The van der Waals surface area contributed by atoms with Crippen molar-refractivity contribution < 1.29 is 4.74 Å². The van der Waals surface area contributed by atoms with Gasteiger partial charge < -0.3 is 10.5 Å². The van der Waals surface area contributed by atoms with Gasteiger partial charge in [0, 0.05) is 31.4 Å². The van der Waals surface area contributed by atoms with E-state index in [1.165, 1.54) is 18.4 Å². The van der Waals surface area contributed by atoms with E-state index in [0.29, 0.717) is 12.1 Å². The molecule has 1 aromatic carbocycles. The SMILES string of the molecule is CC(C)N(CCC1CCCO1)Cc1ccccc1N. The van der Waals surface area contributed by atoms with Crippen LogP contribution >= 0.6 is 0 Å². The van der Waals surface area contributed by atoms with Crippen LogP contribution in [0.25, 0.3) is 0 Å². The molecule has 106 valence electrons. The molecule has 1 aliphatic rings. The molecule has 2 rings (SSSR count). The molecule has 2 N–H and O–H groups in total. The average molecular weight is 262 g/mol. The summed E-state index contributed by atoms with van der Waals surface area (Å²) in [4.78, 5) is 2.48. The molecule has 0 radical (unpaired) electrons. The third kappa shape index (κ3) is 4.22. The lowest BCUT2D eigenvalue weighted by molar-refractivity contribution is 0.0855. The highest BCUT2D eigenvalue weighted by atomic mass is 16.5. The second-order valence-electron chi connectivity index (χ2n) is 5.69. The lowest BCUT2D eigenvalue weighted by Gasteiger charge is -2.28. The van der Waals surface area contributed by atoms with Gasteiger partial charge in [0.1, 0.15) is 0 Å². The summed E-state index contributed by atoms with van der Waals surface area (Å²) in [7, 11) is 0. The zero-order valence-electron chi connectivity index (χ0n) is 12.1. The number of hydrogen-bond acceptors (Lipinski definition) is 3. The third-order valence-corrected chi connectivity index (χ3v) is 3.92. The van der Waals surface area contributed by atoms with Gasteiger partial charge in [0.15, 0.2) is 0 Å². The fourth-order valence-electron chi connectivity index (χ4n) is 2.60. The van der Waals surface area contributed by atoms with Gasteiger partial charge in [0.2, 0.25) is 0 Å². The minimum absolute atomic E-state index is 0.467. The zero-order valence-corrected chi connectivity index (χ0v) is 12.1. The molecule has 1 aliphatic heterocycles. The van der Waals surface area contributed by atoms with Gasteiger partial charge in [-0.1, -0.05) is 18.2 Å². The molecule has 3 heteroatoms. The van der Waals surface area contributed by atoms with E-state index in [2.05, 4.69) is 30.9 Å². The van der Waals surface area contributed by atoms with Gasteiger partial charge in [-0.3, -0.25) is 4.90 Å². The Morgan fingerprint density at radius 2 is 2.16 bits per heavy atom. The molecule has 0 saturated carbocycles. The van der Waals surface area contributed by atoms with Crippen molar-refractivity contribution in [3.8, 4) is 0 Å². The standard InChI is InChI=1S/C16H26N2O/c1-13(2)18(10-9-15-7-5-11-19-15)12-14-6-3-4-8-16(14)17/h3-4,6,8,13,15H,5,7,9-12,17H2,1-2H3. The second-order valence-corrected chi connectivity index (χ2v) is 5.69. The van der Waals surface area contributed by atoms with Gasteiger partial charge >= 0.3 is 0 Å². The Balaban J connectivity index is 1.90. The molecular weight excluding hydrogens is 236 g/mol. The van der Waals surface area contributed by atoms with E-state index in [0.717, 1.165) is 31.8 Å². The van der Waals surface area contributed by atoms with E-state index in [9.17, 15) is 0 Å². The van der Waals surface area contributed by atoms with Crippen LogP contribution in [0.5, 0.6) is 0 Å². The van der Waals surface area contributed by atoms with Crippen LogP contribution in [0, 0.1) is 0 Å². The average Bonchev–Trinajstić information content (AvgIpc) is 2.89. The summed E-state index contributed by atoms with van der Waals surface area (Å²) in [6.07, 6.45) is 4.04. The Labute approximate surface area is 116 Å².